The molecule has 0 saturated carbocycles. The van der Waals surface area contributed by atoms with Gasteiger partial charge in [-0.05, 0) is 25.2 Å². The molecule has 0 aliphatic carbocycles. The van der Waals surface area contributed by atoms with Gasteiger partial charge >= 0.3 is 0 Å². The first-order chi connectivity index (χ1) is 7.61. The molecule has 4 heteroatoms. The average molecular weight is 224 g/mol. The van der Waals surface area contributed by atoms with Gasteiger partial charge in [-0.15, -0.1) is 0 Å². The number of carbonyl (C=O) groups is 1. The fourth-order valence-electron chi connectivity index (χ4n) is 1.97. The lowest BCUT2D eigenvalue weighted by atomic mass is 9.81. The van der Waals surface area contributed by atoms with Crippen molar-refractivity contribution in [3.8, 4) is 6.07 Å². The van der Waals surface area contributed by atoms with Crippen LogP contribution in [0.5, 0.6) is 0 Å². The van der Waals surface area contributed by atoms with Gasteiger partial charge < -0.3 is 9.64 Å². The highest BCUT2D eigenvalue weighted by Gasteiger charge is 2.31. The Morgan fingerprint density at radius 3 is 2.62 bits per heavy atom. The summed E-state index contributed by atoms with van der Waals surface area (Å²) in [4.78, 5) is 13.3. The summed E-state index contributed by atoms with van der Waals surface area (Å²) in [5.41, 5.74) is 0.194. The lowest BCUT2D eigenvalue weighted by Crippen LogP contribution is -2.43. The quantitative estimate of drug-likeness (QED) is 0.728. The highest BCUT2D eigenvalue weighted by molar-refractivity contribution is 5.78. The summed E-state index contributed by atoms with van der Waals surface area (Å²) in [6.45, 7) is 7.22. The van der Waals surface area contributed by atoms with Crippen molar-refractivity contribution in [3.05, 3.63) is 0 Å². The number of nitrogens with zero attached hydrogens (tertiary/aromatic N) is 2. The maximum atomic E-state index is 11.5. The molecule has 1 saturated heterocycles. The number of rotatable bonds is 4. The van der Waals surface area contributed by atoms with E-state index in [0.717, 1.165) is 39.1 Å². The van der Waals surface area contributed by atoms with E-state index in [9.17, 15) is 4.79 Å². The molecule has 1 amide bonds. The molecule has 1 heterocycles. The standard InChI is InChI=1S/C12H20N2O2/c1-3-16-10-12(2)5-8-14(9-6-12)11(15)4-7-13/h3-6,8-10H2,1-2H3. The van der Waals surface area contributed by atoms with Gasteiger partial charge in [-0.1, -0.05) is 6.92 Å². The fourth-order valence-corrected chi connectivity index (χ4v) is 1.97. The number of amides is 1. The van der Waals surface area contributed by atoms with Gasteiger partial charge in [0.15, 0.2) is 0 Å². The molecule has 0 aromatic carbocycles. The molecule has 0 spiro atoms. The van der Waals surface area contributed by atoms with E-state index in [0.29, 0.717) is 0 Å². The van der Waals surface area contributed by atoms with Crippen molar-refractivity contribution in [2.45, 2.75) is 33.1 Å². The predicted molar refractivity (Wildman–Crippen MR) is 60.6 cm³/mol. The molecule has 0 atom stereocenters. The Morgan fingerprint density at radius 1 is 1.50 bits per heavy atom. The molecule has 0 bridgehead atoms. The van der Waals surface area contributed by atoms with Crippen LogP contribution in [-0.2, 0) is 9.53 Å². The van der Waals surface area contributed by atoms with Crippen LogP contribution < -0.4 is 0 Å². The summed E-state index contributed by atoms with van der Waals surface area (Å²) in [6.07, 6.45) is 1.93. The van der Waals surface area contributed by atoms with E-state index in [1.54, 1.807) is 4.90 Å². The van der Waals surface area contributed by atoms with E-state index in [2.05, 4.69) is 6.92 Å². The molecule has 1 aliphatic heterocycles. The third-order valence-electron chi connectivity index (χ3n) is 3.21. The van der Waals surface area contributed by atoms with Crippen LogP contribution in [0, 0.1) is 16.7 Å². The summed E-state index contributed by atoms with van der Waals surface area (Å²) < 4.78 is 5.46. The van der Waals surface area contributed by atoms with E-state index < -0.39 is 0 Å². The van der Waals surface area contributed by atoms with Gasteiger partial charge in [-0.25, -0.2) is 0 Å². The summed E-state index contributed by atoms with van der Waals surface area (Å²) in [6, 6.07) is 1.90. The van der Waals surface area contributed by atoms with Gasteiger partial charge in [0.25, 0.3) is 0 Å². The second-order valence-corrected chi connectivity index (χ2v) is 4.66. The first kappa shape index (κ1) is 13.0. The van der Waals surface area contributed by atoms with E-state index in [1.807, 2.05) is 13.0 Å². The van der Waals surface area contributed by atoms with Gasteiger partial charge in [-0.2, -0.15) is 5.26 Å². The van der Waals surface area contributed by atoms with Crippen LogP contribution in [0.25, 0.3) is 0 Å². The molecule has 1 aliphatic rings. The second-order valence-electron chi connectivity index (χ2n) is 4.66. The Morgan fingerprint density at radius 2 is 2.12 bits per heavy atom. The Bertz CT molecular complexity index is 275. The van der Waals surface area contributed by atoms with Crippen LogP contribution in [0.3, 0.4) is 0 Å². The Balaban J connectivity index is 2.38. The Labute approximate surface area is 97.2 Å². The molecule has 0 aromatic rings. The van der Waals surface area contributed by atoms with Crippen molar-refractivity contribution in [2.24, 2.45) is 5.41 Å². The molecule has 4 nitrogen and oxygen atoms in total. The van der Waals surface area contributed by atoms with Gasteiger partial charge in [0.2, 0.25) is 5.91 Å². The number of hydrogen-bond acceptors (Lipinski definition) is 3. The summed E-state index contributed by atoms with van der Waals surface area (Å²) >= 11 is 0. The number of nitriles is 1. The minimum atomic E-state index is -0.0408. The zero-order chi connectivity index (χ0) is 12.0. The maximum absolute atomic E-state index is 11.5. The first-order valence-corrected chi connectivity index (χ1v) is 5.84. The van der Waals surface area contributed by atoms with Crippen LogP contribution in [-0.4, -0.2) is 37.1 Å². The molecular formula is C12H20N2O2. The summed E-state index contributed by atoms with van der Waals surface area (Å²) in [5, 5.41) is 8.47. The van der Waals surface area contributed by atoms with E-state index >= 15 is 0 Å². The fraction of sp³-hybridized carbons (Fsp3) is 0.833. The highest BCUT2D eigenvalue weighted by atomic mass is 16.5. The van der Waals surface area contributed by atoms with Crippen LogP contribution in [0.1, 0.15) is 33.1 Å². The summed E-state index contributed by atoms with van der Waals surface area (Å²) in [5.74, 6) is -0.0408. The van der Waals surface area contributed by atoms with Gasteiger partial charge in [0.1, 0.15) is 6.42 Å². The van der Waals surface area contributed by atoms with Gasteiger partial charge in [-0.3, -0.25) is 4.79 Å². The van der Waals surface area contributed by atoms with Crippen molar-refractivity contribution in [3.63, 3.8) is 0 Å². The third-order valence-corrected chi connectivity index (χ3v) is 3.21. The smallest absolute Gasteiger partial charge is 0.236 e. The number of hydrogen-bond donors (Lipinski definition) is 0. The lowest BCUT2D eigenvalue weighted by molar-refractivity contribution is -0.133. The minimum absolute atomic E-state index is 0.00216. The molecule has 0 unspecified atom stereocenters. The highest BCUT2D eigenvalue weighted by Crippen LogP contribution is 2.31. The monoisotopic (exact) mass is 224 g/mol. The van der Waals surface area contributed by atoms with Crippen molar-refractivity contribution in [1.29, 1.82) is 5.26 Å². The van der Waals surface area contributed by atoms with Crippen molar-refractivity contribution in [2.75, 3.05) is 26.3 Å². The molecule has 1 rings (SSSR count). The molecule has 0 aromatic heterocycles. The van der Waals surface area contributed by atoms with Gasteiger partial charge in [0.05, 0.1) is 12.7 Å². The van der Waals surface area contributed by atoms with Crippen molar-refractivity contribution < 1.29 is 9.53 Å². The number of piperidine rings is 1. The minimum Gasteiger partial charge on any atom is -0.381 e. The molecule has 90 valence electrons. The van der Waals surface area contributed by atoms with Crippen molar-refractivity contribution >= 4 is 5.91 Å². The Kier molecular flexibility index (Phi) is 4.75. The number of carbonyl (C=O) groups excluding carboxylic acids is 1. The first-order valence-electron chi connectivity index (χ1n) is 5.84. The number of ether oxygens (including phenoxy) is 1. The molecule has 0 N–H and O–H groups in total. The SMILES string of the molecule is CCOCC1(C)CCN(C(=O)CC#N)CC1. The second kappa shape index (κ2) is 5.86. The van der Waals surface area contributed by atoms with Crippen LogP contribution in [0.15, 0.2) is 0 Å². The molecule has 16 heavy (non-hydrogen) atoms. The van der Waals surface area contributed by atoms with E-state index in [-0.39, 0.29) is 17.7 Å². The molecule has 1 fully saturated rings. The lowest BCUT2D eigenvalue weighted by Gasteiger charge is -2.38. The number of likely N-dealkylation sites (tertiary alicyclic amines) is 1. The topological polar surface area (TPSA) is 53.3 Å². The van der Waals surface area contributed by atoms with Crippen LogP contribution >= 0.6 is 0 Å². The third kappa shape index (κ3) is 3.49. The van der Waals surface area contributed by atoms with E-state index in [4.69, 9.17) is 10.00 Å². The summed E-state index contributed by atoms with van der Waals surface area (Å²) in [7, 11) is 0. The molecule has 0 radical (unpaired) electrons. The maximum Gasteiger partial charge on any atom is 0.236 e. The van der Waals surface area contributed by atoms with Crippen LogP contribution in [0.2, 0.25) is 0 Å². The largest absolute Gasteiger partial charge is 0.381 e. The Hall–Kier alpha value is -1.08. The zero-order valence-electron chi connectivity index (χ0n) is 10.2. The van der Waals surface area contributed by atoms with Crippen LogP contribution in [0.4, 0.5) is 0 Å². The normalized spacial score (nSPS) is 19.2. The molecular weight excluding hydrogens is 204 g/mol. The van der Waals surface area contributed by atoms with Gasteiger partial charge in [0, 0.05) is 19.7 Å². The van der Waals surface area contributed by atoms with E-state index in [1.165, 1.54) is 0 Å². The average Bonchev–Trinajstić information content (AvgIpc) is 2.28. The van der Waals surface area contributed by atoms with Crippen molar-refractivity contribution in [1.82, 2.24) is 4.90 Å². The zero-order valence-corrected chi connectivity index (χ0v) is 10.2. The predicted octanol–water partition coefficient (Wildman–Crippen LogP) is 1.57.